The number of amides is 1. The monoisotopic (exact) mass is 277 g/mol. The third-order valence-electron chi connectivity index (χ3n) is 4.68. The molecule has 2 aromatic carbocycles. The van der Waals surface area contributed by atoms with Crippen molar-refractivity contribution < 1.29 is 4.79 Å². The normalized spacial score (nSPS) is 20.7. The highest BCUT2D eigenvalue weighted by Crippen LogP contribution is 2.44. The van der Waals surface area contributed by atoms with E-state index >= 15 is 0 Å². The molecule has 0 aromatic heterocycles. The van der Waals surface area contributed by atoms with E-state index in [2.05, 4.69) is 43.3 Å². The van der Waals surface area contributed by atoms with Gasteiger partial charge in [-0.15, -0.1) is 0 Å². The highest BCUT2D eigenvalue weighted by Gasteiger charge is 2.36. The zero-order chi connectivity index (χ0) is 14.4. The van der Waals surface area contributed by atoms with E-state index < -0.39 is 0 Å². The van der Waals surface area contributed by atoms with Crippen LogP contribution >= 0.6 is 0 Å². The molecule has 2 nitrogen and oxygen atoms in total. The van der Waals surface area contributed by atoms with E-state index in [0.717, 1.165) is 29.3 Å². The van der Waals surface area contributed by atoms with E-state index in [1.807, 2.05) is 17.0 Å². The molecule has 2 aliphatic rings. The van der Waals surface area contributed by atoms with Gasteiger partial charge < -0.3 is 0 Å². The third-order valence-corrected chi connectivity index (χ3v) is 4.68. The minimum Gasteiger partial charge on any atom is -0.280 e. The summed E-state index contributed by atoms with van der Waals surface area (Å²) in [5, 5.41) is 0. The van der Waals surface area contributed by atoms with E-state index in [-0.39, 0.29) is 11.8 Å². The maximum absolute atomic E-state index is 12.8. The van der Waals surface area contributed by atoms with Crippen LogP contribution < -0.4 is 4.90 Å². The molecule has 0 N–H and O–H groups in total. The van der Waals surface area contributed by atoms with E-state index in [1.54, 1.807) is 0 Å². The highest BCUT2D eigenvalue weighted by molar-refractivity contribution is 6.10. The molecule has 0 spiro atoms. The van der Waals surface area contributed by atoms with Gasteiger partial charge in [-0.25, -0.2) is 0 Å². The molecule has 1 aliphatic heterocycles. The van der Waals surface area contributed by atoms with Crippen molar-refractivity contribution in [3.63, 3.8) is 0 Å². The van der Waals surface area contributed by atoms with Crippen LogP contribution in [0.1, 0.15) is 49.1 Å². The highest BCUT2D eigenvalue weighted by atomic mass is 16.2. The first-order valence-corrected chi connectivity index (χ1v) is 7.82. The Morgan fingerprint density at radius 1 is 1.05 bits per heavy atom. The zero-order valence-corrected chi connectivity index (χ0v) is 12.3. The number of para-hydroxylation sites is 1. The van der Waals surface area contributed by atoms with Crippen LogP contribution in [-0.4, -0.2) is 5.91 Å². The Balaban J connectivity index is 1.75. The number of nitrogens with zero attached hydrogens (tertiary/aromatic N) is 1. The van der Waals surface area contributed by atoms with Gasteiger partial charge in [0.1, 0.15) is 0 Å². The van der Waals surface area contributed by atoms with Crippen molar-refractivity contribution in [1.29, 1.82) is 0 Å². The summed E-state index contributed by atoms with van der Waals surface area (Å²) in [4.78, 5) is 14.6. The van der Waals surface area contributed by atoms with Crippen molar-refractivity contribution in [2.75, 3.05) is 4.90 Å². The van der Waals surface area contributed by atoms with Crippen LogP contribution in [0.25, 0.3) is 0 Å². The molecule has 0 radical (unpaired) electrons. The molecule has 1 amide bonds. The summed E-state index contributed by atoms with van der Waals surface area (Å²) in [5.41, 5.74) is 4.61. The predicted octanol–water partition coefficient (Wildman–Crippen LogP) is 4.74. The van der Waals surface area contributed by atoms with E-state index in [4.69, 9.17) is 0 Å². The van der Waals surface area contributed by atoms with Crippen molar-refractivity contribution in [1.82, 2.24) is 0 Å². The summed E-state index contributed by atoms with van der Waals surface area (Å²) < 4.78 is 0. The number of hydrogen-bond acceptors (Lipinski definition) is 1. The fourth-order valence-corrected chi connectivity index (χ4v) is 3.37. The Hall–Kier alpha value is -2.09. The number of carbonyl (C=O) groups is 1. The number of rotatable bonds is 3. The first-order chi connectivity index (χ1) is 10.3. The minimum absolute atomic E-state index is 0.00399. The second-order valence-electron chi connectivity index (χ2n) is 6.06. The summed E-state index contributed by atoms with van der Waals surface area (Å²) in [6.07, 6.45) is 3.47. The maximum atomic E-state index is 12.8. The molecule has 1 aliphatic carbocycles. The number of anilines is 2. The molecular weight excluding hydrogens is 258 g/mol. The van der Waals surface area contributed by atoms with Crippen LogP contribution in [0.5, 0.6) is 0 Å². The molecule has 4 rings (SSSR count). The lowest BCUT2D eigenvalue weighted by Gasteiger charge is -2.18. The summed E-state index contributed by atoms with van der Waals surface area (Å²) in [7, 11) is 0. The Morgan fingerprint density at radius 3 is 2.43 bits per heavy atom. The lowest BCUT2D eigenvalue weighted by atomic mass is 9.98. The fraction of sp³-hybridized carbons (Fsp3) is 0.316. The van der Waals surface area contributed by atoms with Gasteiger partial charge in [0.05, 0.1) is 11.6 Å². The van der Waals surface area contributed by atoms with Crippen molar-refractivity contribution in [2.45, 2.75) is 38.0 Å². The molecule has 106 valence electrons. The van der Waals surface area contributed by atoms with Crippen molar-refractivity contribution in [3.8, 4) is 0 Å². The van der Waals surface area contributed by atoms with Crippen molar-refractivity contribution >= 4 is 17.3 Å². The van der Waals surface area contributed by atoms with Gasteiger partial charge in [-0.3, -0.25) is 9.69 Å². The average Bonchev–Trinajstić information content (AvgIpc) is 3.31. The van der Waals surface area contributed by atoms with E-state index in [1.165, 1.54) is 18.4 Å². The molecule has 1 heterocycles. The van der Waals surface area contributed by atoms with Crippen LogP contribution in [-0.2, 0) is 4.79 Å². The SMILES string of the molecule is CCC1C(=O)N(c2ccc(C3CC3)cc2)c2ccccc21. The smallest absolute Gasteiger partial charge is 0.239 e. The summed E-state index contributed by atoms with van der Waals surface area (Å²) in [6.45, 7) is 2.08. The van der Waals surface area contributed by atoms with Gasteiger partial charge in [0, 0.05) is 5.69 Å². The molecule has 1 unspecified atom stereocenters. The first-order valence-electron chi connectivity index (χ1n) is 7.82. The topological polar surface area (TPSA) is 20.3 Å². The second-order valence-corrected chi connectivity index (χ2v) is 6.06. The largest absolute Gasteiger partial charge is 0.280 e. The van der Waals surface area contributed by atoms with Crippen LogP contribution in [0.2, 0.25) is 0 Å². The number of carbonyl (C=O) groups excluding carboxylic acids is 1. The molecule has 21 heavy (non-hydrogen) atoms. The standard InChI is InChI=1S/C19H19NO/c1-2-16-17-5-3-4-6-18(17)20(19(16)21)15-11-9-14(10-12-15)13-7-8-13/h3-6,9-13,16H,2,7-8H2,1H3. The van der Waals surface area contributed by atoms with Crippen LogP contribution in [0.3, 0.4) is 0 Å². The van der Waals surface area contributed by atoms with Crippen LogP contribution in [0, 0.1) is 0 Å². The van der Waals surface area contributed by atoms with Gasteiger partial charge >= 0.3 is 0 Å². The third kappa shape index (κ3) is 1.98. The quantitative estimate of drug-likeness (QED) is 0.793. The number of benzene rings is 2. The number of fused-ring (bicyclic) bond motifs is 1. The zero-order valence-electron chi connectivity index (χ0n) is 12.3. The molecule has 0 bridgehead atoms. The molecule has 2 heteroatoms. The van der Waals surface area contributed by atoms with Gasteiger partial charge in [0.15, 0.2) is 0 Å². The lowest BCUT2D eigenvalue weighted by molar-refractivity contribution is -0.118. The summed E-state index contributed by atoms with van der Waals surface area (Å²) in [6, 6.07) is 16.7. The van der Waals surface area contributed by atoms with Gasteiger partial charge in [-0.1, -0.05) is 37.3 Å². The molecule has 1 fully saturated rings. The average molecular weight is 277 g/mol. The predicted molar refractivity (Wildman–Crippen MR) is 85.0 cm³/mol. The fourth-order valence-electron chi connectivity index (χ4n) is 3.37. The van der Waals surface area contributed by atoms with Gasteiger partial charge in [0.2, 0.25) is 5.91 Å². The van der Waals surface area contributed by atoms with Gasteiger partial charge in [-0.05, 0) is 54.5 Å². The molecule has 1 atom stereocenters. The summed E-state index contributed by atoms with van der Waals surface area (Å²) in [5.74, 6) is 0.964. The van der Waals surface area contributed by atoms with Gasteiger partial charge in [0.25, 0.3) is 0 Å². The molecule has 1 saturated carbocycles. The molecular formula is C19H19NO. The Bertz CT molecular complexity index is 685. The van der Waals surface area contributed by atoms with E-state index in [0.29, 0.717) is 0 Å². The molecule has 0 saturated heterocycles. The van der Waals surface area contributed by atoms with Crippen molar-refractivity contribution in [3.05, 3.63) is 59.7 Å². The number of hydrogen-bond donors (Lipinski definition) is 0. The minimum atomic E-state index is 0.00399. The Kier molecular flexibility index (Phi) is 2.85. The van der Waals surface area contributed by atoms with Gasteiger partial charge in [-0.2, -0.15) is 0 Å². The van der Waals surface area contributed by atoms with E-state index in [9.17, 15) is 4.79 Å². The lowest BCUT2D eigenvalue weighted by Crippen LogP contribution is -2.23. The maximum Gasteiger partial charge on any atom is 0.239 e. The second kappa shape index (κ2) is 4.73. The van der Waals surface area contributed by atoms with Crippen molar-refractivity contribution in [2.24, 2.45) is 0 Å². The molecule has 2 aromatic rings. The first kappa shape index (κ1) is 12.6. The Labute approximate surface area is 125 Å². The Morgan fingerprint density at radius 2 is 1.76 bits per heavy atom. The van der Waals surface area contributed by atoms with Crippen LogP contribution in [0.15, 0.2) is 48.5 Å². The summed E-state index contributed by atoms with van der Waals surface area (Å²) >= 11 is 0. The van der Waals surface area contributed by atoms with Crippen LogP contribution in [0.4, 0.5) is 11.4 Å².